The summed E-state index contributed by atoms with van der Waals surface area (Å²) in [6.45, 7) is 0. The molecule has 3 heteroatoms. The quantitative estimate of drug-likeness (QED) is 0.424. The predicted molar refractivity (Wildman–Crippen MR) is 113 cm³/mol. The van der Waals surface area contributed by atoms with E-state index in [9.17, 15) is 4.79 Å². The molecule has 0 radical (unpaired) electrons. The third-order valence-electron chi connectivity index (χ3n) is 5.87. The molecule has 6 rings (SSSR count). The lowest BCUT2D eigenvalue weighted by Crippen LogP contribution is -2.47. The first-order valence-corrected chi connectivity index (χ1v) is 9.68. The highest BCUT2D eigenvalue weighted by Gasteiger charge is 2.56. The van der Waals surface area contributed by atoms with Gasteiger partial charge in [-0.1, -0.05) is 72.8 Å². The summed E-state index contributed by atoms with van der Waals surface area (Å²) in [6, 6.07) is 33.8. The van der Waals surface area contributed by atoms with Crippen molar-refractivity contribution in [2.24, 2.45) is 0 Å². The Labute approximate surface area is 168 Å². The standard InChI is InChI=1S/C26H17NO2/c28-25-19-12-4-5-13-20(19)26(27(25)18-10-2-1-3-11-18)21-14-6-8-16-23(21)29-24-17-9-7-15-22(24)26/h1-17H. The van der Waals surface area contributed by atoms with Crippen molar-refractivity contribution in [3.05, 3.63) is 125 Å². The molecule has 29 heavy (non-hydrogen) atoms. The molecule has 0 bridgehead atoms. The molecule has 0 aliphatic carbocycles. The van der Waals surface area contributed by atoms with Crippen LogP contribution in [-0.2, 0) is 5.54 Å². The number of hydrogen-bond donors (Lipinski definition) is 0. The van der Waals surface area contributed by atoms with E-state index in [1.165, 1.54) is 0 Å². The Kier molecular flexibility index (Phi) is 3.24. The van der Waals surface area contributed by atoms with Gasteiger partial charge in [0.15, 0.2) is 0 Å². The highest BCUT2D eigenvalue weighted by atomic mass is 16.5. The topological polar surface area (TPSA) is 29.5 Å². The van der Waals surface area contributed by atoms with Crippen LogP contribution < -0.4 is 9.64 Å². The molecule has 2 aliphatic rings. The van der Waals surface area contributed by atoms with Gasteiger partial charge in [0.05, 0.1) is 0 Å². The number of para-hydroxylation sites is 3. The Balaban J connectivity index is 1.80. The maximum absolute atomic E-state index is 13.8. The molecule has 1 spiro atoms. The van der Waals surface area contributed by atoms with Crippen LogP contribution in [-0.4, -0.2) is 5.91 Å². The van der Waals surface area contributed by atoms with Gasteiger partial charge in [0.1, 0.15) is 17.0 Å². The number of carbonyl (C=O) groups is 1. The predicted octanol–water partition coefficient (Wildman–Crippen LogP) is 5.74. The van der Waals surface area contributed by atoms with Gasteiger partial charge in [-0.05, 0) is 30.3 Å². The van der Waals surface area contributed by atoms with Crippen molar-refractivity contribution in [3.63, 3.8) is 0 Å². The lowest BCUT2D eigenvalue weighted by molar-refractivity contribution is 0.0986. The minimum Gasteiger partial charge on any atom is -0.457 e. The molecule has 2 aliphatic heterocycles. The molecule has 0 unspecified atom stereocenters. The van der Waals surface area contributed by atoms with E-state index in [1.807, 2.05) is 89.8 Å². The first-order chi connectivity index (χ1) is 14.3. The zero-order valence-electron chi connectivity index (χ0n) is 15.6. The van der Waals surface area contributed by atoms with Gasteiger partial charge in [-0.3, -0.25) is 9.69 Å². The fraction of sp³-hybridized carbons (Fsp3) is 0.0385. The smallest absolute Gasteiger partial charge is 0.260 e. The Morgan fingerprint density at radius 3 is 1.76 bits per heavy atom. The van der Waals surface area contributed by atoms with Crippen LogP contribution in [0, 0.1) is 0 Å². The number of amides is 1. The van der Waals surface area contributed by atoms with Gasteiger partial charge >= 0.3 is 0 Å². The van der Waals surface area contributed by atoms with E-state index in [4.69, 9.17) is 4.74 Å². The van der Waals surface area contributed by atoms with Crippen LogP contribution in [0.5, 0.6) is 11.5 Å². The second-order valence-electron chi connectivity index (χ2n) is 7.33. The average molecular weight is 375 g/mol. The van der Waals surface area contributed by atoms with E-state index >= 15 is 0 Å². The van der Waals surface area contributed by atoms with Crippen LogP contribution in [0.1, 0.15) is 27.0 Å². The molecule has 0 N–H and O–H groups in total. The minimum atomic E-state index is -0.777. The van der Waals surface area contributed by atoms with E-state index in [0.29, 0.717) is 0 Å². The summed E-state index contributed by atoms with van der Waals surface area (Å²) in [4.78, 5) is 15.7. The van der Waals surface area contributed by atoms with Crippen molar-refractivity contribution in [2.45, 2.75) is 5.54 Å². The number of nitrogens with zero attached hydrogens (tertiary/aromatic N) is 1. The molecule has 0 atom stereocenters. The third-order valence-corrected chi connectivity index (χ3v) is 5.87. The van der Waals surface area contributed by atoms with Crippen molar-refractivity contribution in [1.29, 1.82) is 0 Å². The van der Waals surface area contributed by atoms with Gasteiger partial charge in [-0.2, -0.15) is 0 Å². The molecule has 0 saturated heterocycles. The van der Waals surface area contributed by atoms with Crippen LogP contribution in [0.4, 0.5) is 5.69 Å². The van der Waals surface area contributed by atoms with Crippen LogP contribution in [0.25, 0.3) is 0 Å². The molecule has 4 aromatic carbocycles. The maximum Gasteiger partial charge on any atom is 0.260 e. The summed E-state index contributed by atoms with van der Waals surface area (Å²) in [7, 11) is 0. The second-order valence-corrected chi connectivity index (χ2v) is 7.33. The monoisotopic (exact) mass is 375 g/mol. The average Bonchev–Trinajstić information content (AvgIpc) is 3.04. The van der Waals surface area contributed by atoms with Gasteiger partial charge in [0.25, 0.3) is 5.91 Å². The molecule has 0 fully saturated rings. The lowest BCUT2D eigenvalue weighted by Gasteiger charge is -2.44. The molecule has 0 saturated carbocycles. The Morgan fingerprint density at radius 1 is 0.586 bits per heavy atom. The lowest BCUT2D eigenvalue weighted by atomic mass is 9.74. The fourth-order valence-electron chi connectivity index (χ4n) is 4.77. The number of hydrogen-bond acceptors (Lipinski definition) is 2. The second kappa shape index (κ2) is 5.82. The first-order valence-electron chi connectivity index (χ1n) is 9.68. The number of anilines is 1. The normalized spacial score (nSPS) is 15.4. The first kappa shape index (κ1) is 16.1. The number of ether oxygens (including phenoxy) is 1. The summed E-state index contributed by atoms with van der Waals surface area (Å²) in [5.74, 6) is 1.55. The van der Waals surface area contributed by atoms with Crippen molar-refractivity contribution in [2.75, 3.05) is 4.90 Å². The third kappa shape index (κ3) is 1.99. The zero-order valence-corrected chi connectivity index (χ0v) is 15.6. The Morgan fingerprint density at radius 2 is 1.10 bits per heavy atom. The summed E-state index contributed by atoms with van der Waals surface area (Å²) < 4.78 is 6.26. The van der Waals surface area contributed by atoms with Gasteiger partial charge in [-0.15, -0.1) is 0 Å². The van der Waals surface area contributed by atoms with Gasteiger partial charge in [-0.25, -0.2) is 0 Å². The Hall–Kier alpha value is -3.85. The van der Waals surface area contributed by atoms with Crippen molar-refractivity contribution >= 4 is 11.6 Å². The molecule has 1 amide bonds. The van der Waals surface area contributed by atoms with Crippen molar-refractivity contribution in [1.82, 2.24) is 0 Å². The van der Waals surface area contributed by atoms with Crippen molar-refractivity contribution < 1.29 is 9.53 Å². The number of rotatable bonds is 1. The van der Waals surface area contributed by atoms with Crippen LogP contribution in [0.3, 0.4) is 0 Å². The largest absolute Gasteiger partial charge is 0.457 e. The fourth-order valence-corrected chi connectivity index (χ4v) is 4.77. The van der Waals surface area contributed by atoms with E-state index in [-0.39, 0.29) is 5.91 Å². The highest BCUT2D eigenvalue weighted by Crippen LogP contribution is 2.58. The van der Waals surface area contributed by atoms with Gasteiger partial charge < -0.3 is 4.74 Å². The number of fused-ring (bicyclic) bond motifs is 6. The zero-order chi connectivity index (χ0) is 19.4. The molecule has 138 valence electrons. The van der Waals surface area contributed by atoms with Crippen LogP contribution in [0.2, 0.25) is 0 Å². The van der Waals surface area contributed by atoms with Gasteiger partial charge in [0.2, 0.25) is 0 Å². The van der Waals surface area contributed by atoms with Crippen LogP contribution in [0.15, 0.2) is 103 Å². The summed E-state index contributed by atoms with van der Waals surface area (Å²) in [5.41, 5.74) is 3.74. The van der Waals surface area contributed by atoms with E-state index in [0.717, 1.165) is 39.4 Å². The van der Waals surface area contributed by atoms with Gasteiger partial charge in [0, 0.05) is 27.9 Å². The molecule has 0 aromatic heterocycles. The van der Waals surface area contributed by atoms with E-state index < -0.39 is 5.54 Å². The summed E-state index contributed by atoms with van der Waals surface area (Å²) >= 11 is 0. The van der Waals surface area contributed by atoms with E-state index in [1.54, 1.807) is 0 Å². The maximum atomic E-state index is 13.8. The van der Waals surface area contributed by atoms with Crippen molar-refractivity contribution in [3.8, 4) is 11.5 Å². The summed E-state index contributed by atoms with van der Waals surface area (Å²) in [6.07, 6.45) is 0. The SMILES string of the molecule is O=C1c2ccccc2C2(c3ccccc3Oc3ccccc32)N1c1ccccc1. The molecule has 2 heterocycles. The molecular weight excluding hydrogens is 358 g/mol. The molecule has 3 nitrogen and oxygen atoms in total. The van der Waals surface area contributed by atoms with Crippen LogP contribution >= 0.6 is 0 Å². The number of benzene rings is 4. The molecule has 4 aromatic rings. The number of carbonyl (C=O) groups excluding carboxylic acids is 1. The van der Waals surface area contributed by atoms with E-state index in [2.05, 4.69) is 18.2 Å². The minimum absolute atomic E-state index is 0.00157. The molecular formula is C26H17NO2. The Bertz CT molecular complexity index is 1220. The summed E-state index contributed by atoms with van der Waals surface area (Å²) in [5, 5.41) is 0. The highest BCUT2D eigenvalue weighted by molar-refractivity contribution is 6.14.